The Morgan fingerprint density at radius 2 is 1.88 bits per heavy atom. The number of ether oxygens (including phenoxy) is 2. The van der Waals surface area contributed by atoms with E-state index in [-0.39, 0.29) is 18.9 Å². The largest absolute Gasteiger partial charge is 0.514 e. The molecule has 4 unspecified atom stereocenters. The number of amides is 1. The number of hydrogen-bond acceptors (Lipinski definition) is 6. The van der Waals surface area contributed by atoms with Gasteiger partial charge in [0.05, 0.1) is 25.2 Å². The lowest BCUT2D eigenvalue weighted by Gasteiger charge is -2.32. The zero-order valence-corrected chi connectivity index (χ0v) is 16.3. The van der Waals surface area contributed by atoms with Crippen molar-refractivity contribution in [2.24, 2.45) is 0 Å². The molecule has 8 heteroatoms. The number of aliphatic carboxylic acids is 1. The van der Waals surface area contributed by atoms with Gasteiger partial charge in [-0.25, -0.2) is 9.59 Å². The number of carbonyl (C=O) groups excluding carboxylic acids is 1. The van der Waals surface area contributed by atoms with E-state index in [4.69, 9.17) is 19.7 Å². The lowest BCUT2D eigenvalue weighted by Crippen LogP contribution is -2.40. The second-order valence-corrected chi connectivity index (χ2v) is 5.94. The molecule has 8 nitrogen and oxygen atoms in total. The first-order valence-electron chi connectivity index (χ1n) is 9.01. The van der Waals surface area contributed by atoms with Crippen molar-refractivity contribution >= 4 is 11.9 Å². The van der Waals surface area contributed by atoms with Crippen LogP contribution in [0.4, 0.5) is 0 Å². The minimum absolute atomic E-state index is 0.202. The van der Waals surface area contributed by atoms with Gasteiger partial charge in [-0.15, -0.1) is 0 Å². The molecule has 0 aromatic carbocycles. The average Bonchev–Trinajstić information content (AvgIpc) is 2.60. The van der Waals surface area contributed by atoms with Gasteiger partial charge in [-0.2, -0.15) is 0 Å². The highest BCUT2D eigenvalue weighted by Gasteiger charge is 2.30. The minimum atomic E-state index is -1.04. The lowest BCUT2D eigenvalue weighted by atomic mass is 10.1. The monoisotopic (exact) mass is 376 g/mol. The molecular formula is C18H34NO7+. The zero-order chi connectivity index (χ0) is 20.5. The van der Waals surface area contributed by atoms with Gasteiger partial charge < -0.3 is 24.8 Å². The molecular weight excluding hydrogens is 342 g/mol. The second kappa shape index (κ2) is 16.9. The van der Waals surface area contributed by atoms with Crippen LogP contribution in [0.15, 0.2) is 0 Å². The molecule has 0 aromatic heterocycles. The second-order valence-electron chi connectivity index (χ2n) is 5.94. The van der Waals surface area contributed by atoms with Crippen LogP contribution < -0.4 is 0 Å². The topological polar surface area (TPSA) is 118 Å². The summed E-state index contributed by atoms with van der Waals surface area (Å²) >= 11 is 0. The van der Waals surface area contributed by atoms with Crippen molar-refractivity contribution in [3.63, 3.8) is 0 Å². The molecule has 1 aliphatic rings. The van der Waals surface area contributed by atoms with Crippen LogP contribution in [0.3, 0.4) is 0 Å². The normalized spacial score (nSPS) is 22.6. The Kier molecular flexibility index (Phi) is 17.4. The quantitative estimate of drug-likeness (QED) is 0.624. The predicted molar refractivity (Wildman–Crippen MR) is 98.0 cm³/mol. The van der Waals surface area contributed by atoms with Crippen molar-refractivity contribution in [1.82, 2.24) is 0 Å². The van der Waals surface area contributed by atoms with Gasteiger partial charge in [-0.05, 0) is 13.3 Å². The molecule has 0 spiro atoms. The Labute approximate surface area is 155 Å². The average molecular weight is 376 g/mol. The van der Waals surface area contributed by atoms with Crippen molar-refractivity contribution in [2.75, 3.05) is 6.61 Å². The van der Waals surface area contributed by atoms with Gasteiger partial charge in [-0.3, -0.25) is 0 Å². The molecule has 0 aromatic rings. The molecule has 1 amide bonds. The van der Waals surface area contributed by atoms with Crippen molar-refractivity contribution in [2.45, 2.75) is 90.8 Å². The molecule has 0 bridgehead atoms. The van der Waals surface area contributed by atoms with E-state index in [1.165, 1.54) is 13.3 Å². The number of carboxylic acid groups (broad SMARTS) is 1. The maximum atomic E-state index is 10.5. The molecule has 0 radical (unpaired) electrons. The van der Waals surface area contributed by atoms with Gasteiger partial charge in [0.2, 0.25) is 0 Å². The Hall–Kier alpha value is -1.53. The SMILES string of the molecule is C#[N+]C(=O)CCCC.CC(OC1CC(O)OC(CO)C1)C(=O)O.CCC. The van der Waals surface area contributed by atoms with Crippen molar-refractivity contribution < 1.29 is 34.4 Å². The van der Waals surface area contributed by atoms with Crippen LogP contribution in [0.1, 0.15) is 66.2 Å². The van der Waals surface area contributed by atoms with E-state index in [2.05, 4.69) is 25.3 Å². The molecule has 1 rings (SSSR count). The summed E-state index contributed by atoms with van der Waals surface area (Å²) < 4.78 is 10.2. The van der Waals surface area contributed by atoms with E-state index >= 15 is 0 Å². The number of rotatable bonds is 7. The lowest BCUT2D eigenvalue weighted by molar-refractivity contribution is -0.213. The fourth-order valence-corrected chi connectivity index (χ4v) is 1.92. The Bertz CT molecular complexity index is 422. The Morgan fingerprint density at radius 1 is 1.31 bits per heavy atom. The van der Waals surface area contributed by atoms with E-state index in [1.54, 1.807) is 0 Å². The number of nitrogens with zero attached hydrogens (tertiary/aromatic N) is 1. The van der Waals surface area contributed by atoms with Crippen LogP contribution in [0, 0.1) is 6.57 Å². The molecule has 3 N–H and O–H groups in total. The third-order valence-electron chi connectivity index (χ3n) is 3.18. The maximum Gasteiger partial charge on any atom is 0.514 e. The van der Waals surface area contributed by atoms with Gasteiger partial charge in [0.15, 0.2) is 12.4 Å². The van der Waals surface area contributed by atoms with E-state index in [0.717, 1.165) is 12.8 Å². The van der Waals surface area contributed by atoms with Crippen LogP contribution >= 0.6 is 0 Å². The third kappa shape index (κ3) is 14.8. The zero-order valence-electron chi connectivity index (χ0n) is 16.3. The van der Waals surface area contributed by atoms with Gasteiger partial charge in [0.1, 0.15) is 0 Å². The van der Waals surface area contributed by atoms with E-state index < -0.39 is 30.6 Å². The van der Waals surface area contributed by atoms with Crippen molar-refractivity contribution in [3.8, 4) is 6.57 Å². The van der Waals surface area contributed by atoms with Crippen LogP contribution in [-0.4, -0.2) is 58.4 Å². The summed E-state index contributed by atoms with van der Waals surface area (Å²) in [6, 6.07) is 0. The summed E-state index contributed by atoms with van der Waals surface area (Å²) in [7, 11) is 0. The molecule has 152 valence electrons. The number of aliphatic hydroxyl groups is 2. The predicted octanol–water partition coefficient (Wildman–Crippen LogP) is 2.42. The first kappa shape index (κ1) is 26.7. The Balaban J connectivity index is 0. The Morgan fingerprint density at radius 3 is 2.31 bits per heavy atom. The molecule has 1 saturated heterocycles. The standard InChI is InChI=1S/C9H16O6.C6H10NO.C3H8/c1-5(9(12)13)14-6-2-7(4-10)15-8(11)3-6;1-3-4-5-6(8)7-2;1-3-2/h5-8,10-11H,2-4H2,1H3,(H,12,13);2H,3-5H2,1H3;3H2,1-2H3/q;+1;. The first-order valence-corrected chi connectivity index (χ1v) is 9.01. The minimum Gasteiger partial charge on any atom is -0.479 e. The number of hydrogen-bond donors (Lipinski definition) is 3. The van der Waals surface area contributed by atoms with E-state index in [0.29, 0.717) is 12.8 Å². The third-order valence-corrected chi connectivity index (χ3v) is 3.18. The summed E-state index contributed by atoms with van der Waals surface area (Å²) in [4.78, 5) is 23.8. The van der Waals surface area contributed by atoms with Crippen molar-refractivity contribution in [1.29, 1.82) is 0 Å². The van der Waals surface area contributed by atoms with Crippen molar-refractivity contribution in [3.05, 3.63) is 4.85 Å². The first-order chi connectivity index (χ1) is 12.2. The molecule has 0 aliphatic carbocycles. The molecule has 4 atom stereocenters. The number of unbranched alkanes of at least 4 members (excludes halogenated alkanes) is 1. The summed E-state index contributed by atoms with van der Waals surface area (Å²) in [5, 5.41) is 26.8. The number of aliphatic hydroxyl groups excluding tert-OH is 2. The smallest absolute Gasteiger partial charge is 0.479 e. The van der Waals surface area contributed by atoms with Gasteiger partial charge in [0.25, 0.3) is 6.57 Å². The van der Waals surface area contributed by atoms with Gasteiger partial charge >= 0.3 is 11.9 Å². The molecule has 1 heterocycles. The summed E-state index contributed by atoms with van der Waals surface area (Å²) in [6.07, 6.45) is 1.48. The van der Waals surface area contributed by atoms with Crippen LogP contribution in [-0.2, 0) is 19.1 Å². The highest BCUT2D eigenvalue weighted by Crippen LogP contribution is 2.21. The highest BCUT2D eigenvalue weighted by atomic mass is 16.6. The summed E-state index contributed by atoms with van der Waals surface area (Å²) in [5.74, 6) is -1.25. The van der Waals surface area contributed by atoms with Crippen LogP contribution in [0.2, 0.25) is 0 Å². The van der Waals surface area contributed by atoms with Crippen LogP contribution in [0.5, 0.6) is 0 Å². The van der Waals surface area contributed by atoms with Crippen LogP contribution in [0.25, 0.3) is 4.85 Å². The summed E-state index contributed by atoms with van der Waals surface area (Å²) in [5.41, 5.74) is 0. The number of carbonyl (C=O) groups is 2. The molecule has 1 aliphatic heterocycles. The fourth-order valence-electron chi connectivity index (χ4n) is 1.92. The van der Waals surface area contributed by atoms with Gasteiger partial charge in [0, 0.05) is 17.7 Å². The highest BCUT2D eigenvalue weighted by molar-refractivity contribution is 5.85. The van der Waals surface area contributed by atoms with E-state index in [1.807, 2.05) is 6.92 Å². The maximum absolute atomic E-state index is 10.5. The molecule has 0 saturated carbocycles. The molecule has 1 fully saturated rings. The van der Waals surface area contributed by atoms with Gasteiger partial charge in [-0.1, -0.05) is 33.6 Å². The van der Waals surface area contributed by atoms with E-state index in [9.17, 15) is 14.7 Å². The number of carboxylic acids is 1. The fraction of sp³-hybridized carbons (Fsp3) is 0.833. The molecule has 26 heavy (non-hydrogen) atoms. The summed E-state index contributed by atoms with van der Waals surface area (Å²) in [6.45, 7) is 12.2.